The van der Waals surface area contributed by atoms with Crippen molar-refractivity contribution in [3.05, 3.63) is 84.6 Å². The number of amides is 1. The minimum absolute atomic E-state index is 0.182. The van der Waals surface area contributed by atoms with Crippen molar-refractivity contribution in [1.29, 1.82) is 0 Å². The van der Waals surface area contributed by atoms with E-state index in [-0.39, 0.29) is 11.0 Å². The molecule has 0 aliphatic carbocycles. The van der Waals surface area contributed by atoms with E-state index in [4.69, 9.17) is 21.7 Å². The standard InChI is InChI=1S/C21H19N3O3S/c25-20(24-21(28)23-19-8-4-5-13-22-19)16-9-11-18(12-10-16)27-15-14-26-17-6-2-1-3-7-17/h1-13H,14-15H2,(H2,22,23,24,25,28). The van der Waals surface area contributed by atoms with Gasteiger partial charge in [-0.05, 0) is 60.7 Å². The lowest BCUT2D eigenvalue weighted by Gasteiger charge is -2.10. The van der Waals surface area contributed by atoms with E-state index in [0.717, 1.165) is 5.75 Å². The number of hydrogen-bond donors (Lipinski definition) is 2. The van der Waals surface area contributed by atoms with Crippen molar-refractivity contribution in [2.45, 2.75) is 0 Å². The van der Waals surface area contributed by atoms with Crippen molar-refractivity contribution in [3.63, 3.8) is 0 Å². The molecule has 2 aromatic carbocycles. The van der Waals surface area contributed by atoms with Gasteiger partial charge in [0.25, 0.3) is 5.91 Å². The second kappa shape index (κ2) is 10.0. The predicted molar refractivity (Wildman–Crippen MR) is 112 cm³/mol. The summed E-state index contributed by atoms with van der Waals surface area (Å²) in [7, 11) is 0. The van der Waals surface area contributed by atoms with Crippen LogP contribution in [0.3, 0.4) is 0 Å². The van der Waals surface area contributed by atoms with Crippen LogP contribution in [0.1, 0.15) is 10.4 Å². The fourth-order valence-corrected chi connectivity index (χ4v) is 2.50. The van der Waals surface area contributed by atoms with E-state index in [1.165, 1.54) is 0 Å². The summed E-state index contributed by atoms with van der Waals surface area (Å²) >= 11 is 5.13. The van der Waals surface area contributed by atoms with Crippen molar-refractivity contribution in [3.8, 4) is 11.5 Å². The third-order valence-corrected chi connectivity index (χ3v) is 3.82. The number of benzene rings is 2. The van der Waals surface area contributed by atoms with E-state index in [1.807, 2.05) is 36.4 Å². The molecular formula is C21H19N3O3S. The number of ether oxygens (including phenoxy) is 2. The number of nitrogens with zero attached hydrogens (tertiary/aromatic N) is 1. The molecule has 0 atom stereocenters. The molecule has 0 aliphatic heterocycles. The molecule has 0 unspecified atom stereocenters. The van der Waals surface area contributed by atoms with Crippen LogP contribution in [0.2, 0.25) is 0 Å². The van der Waals surface area contributed by atoms with Crippen molar-refractivity contribution in [2.75, 3.05) is 18.5 Å². The van der Waals surface area contributed by atoms with Gasteiger partial charge in [-0.3, -0.25) is 10.1 Å². The van der Waals surface area contributed by atoms with Gasteiger partial charge in [0.2, 0.25) is 0 Å². The van der Waals surface area contributed by atoms with Gasteiger partial charge in [-0.1, -0.05) is 24.3 Å². The zero-order valence-electron chi connectivity index (χ0n) is 15.0. The van der Waals surface area contributed by atoms with Crippen LogP contribution in [0.25, 0.3) is 0 Å². The van der Waals surface area contributed by atoms with Gasteiger partial charge in [0.15, 0.2) is 5.11 Å². The largest absolute Gasteiger partial charge is 0.490 e. The first-order valence-corrected chi connectivity index (χ1v) is 9.05. The first kappa shape index (κ1) is 19.3. The number of aromatic nitrogens is 1. The lowest BCUT2D eigenvalue weighted by Crippen LogP contribution is -2.34. The molecule has 0 saturated carbocycles. The molecule has 0 aliphatic rings. The summed E-state index contributed by atoms with van der Waals surface area (Å²) in [6, 6.07) is 21.7. The van der Waals surface area contributed by atoms with Crippen LogP contribution in [-0.2, 0) is 0 Å². The lowest BCUT2D eigenvalue weighted by atomic mass is 10.2. The van der Waals surface area contributed by atoms with Gasteiger partial charge in [0, 0.05) is 11.8 Å². The average Bonchev–Trinajstić information content (AvgIpc) is 2.73. The second-order valence-corrected chi connectivity index (χ2v) is 6.07. The number of carbonyl (C=O) groups excluding carboxylic acids is 1. The summed E-state index contributed by atoms with van der Waals surface area (Å²) in [6.45, 7) is 0.832. The molecule has 3 aromatic rings. The van der Waals surface area contributed by atoms with E-state index < -0.39 is 0 Å². The monoisotopic (exact) mass is 393 g/mol. The van der Waals surface area contributed by atoms with E-state index in [2.05, 4.69) is 15.6 Å². The van der Waals surface area contributed by atoms with Crippen LogP contribution in [0.15, 0.2) is 79.0 Å². The van der Waals surface area contributed by atoms with Gasteiger partial charge >= 0.3 is 0 Å². The molecule has 6 nitrogen and oxygen atoms in total. The number of carbonyl (C=O) groups is 1. The molecule has 0 fully saturated rings. The van der Waals surface area contributed by atoms with Gasteiger partial charge in [-0.25, -0.2) is 4.98 Å². The molecule has 0 saturated heterocycles. The Kier molecular flexibility index (Phi) is 6.92. The summed E-state index contributed by atoms with van der Waals surface area (Å²) < 4.78 is 11.2. The molecular weight excluding hydrogens is 374 g/mol. The summed E-state index contributed by atoms with van der Waals surface area (Å²) in [5.41, 5.74) is 0.470. The summed E-state index contributed by atoms with van der Waals surface area (Å²) in [4.78, 5) is 16.3. The van der Waals surface area contributed by atoms with Crippen LogP contribution in [-0.4, -0.2) is 29.2 Å². The van der Waals surface area contributed by atoms with E-state index in [9.17, 15) is 4.79 Å². The van der Waals surface area contributed by atoms with E-state index >= 15 is 0 Å². The molecule has 1 aromatic heterocycles. The normalized spacial score (nSPS) is 10.0. The minimum Gasteiger partial charge on any atom is -0.490 e. The quantitative estimate of drug-likeness (QED) is 0.471. The van der Waals surface area contributed by atoms with Crippen LogP contribution in [0.5, 0.6) is 11.5 Å². The van der Waals surface area contributed by atoms with Crippen molar-refractivity contribution in [2.24, 2.45) is 0 Å². The van der Waals surface area contributed by atoms with Crippen LogP contribution in [0.4, 0.5) is 5.82 Å². The fourth-order valence-electron chi connectivity index (χ4n) is 2.30. The number of anilines is 1. The molecule has 0 spiro atoms. The Morgan fingerprint density at radius 2 is 1.50 bits per heavy atom. The number of para-hydroxylation sites is 1. The Balaban J connectivity index is 1.42. The molecule has 0 bridgehead atoms. The smallest absolute Gasteiger partial charge is 0.257 e. The van der Waals surface area contributed by atoms with Crippen LogP contribution in [0, 0.1) is 0 Å². The molecule has 0 radical (unpaired) electrons. The molecule has 28 heavy (non-hydrogen) atoms. The summed E-state index contributed by atoms with van der Waals surface area (Å²) in [5.74, 6) is 1.71. The topological polar surface area (TPSA) is 72.5 Å². The zero-order valence-corrected chi connectivity index (χ0v) is 15.8. The molecule has 3 rings (SSSR count). The second-order valence-electron chi connectivity index (χ2n) is 5.66. The highest BCUT2D eigenvalue weighted by Gasteiger charge is 2.08. The molecule has 1 heterocycles. The van der Waals surface area contributed by atoms with Crippen LogP contribution < -0.4 is 20.1 Å². The predicted octanol–water partition coefficient (Wildman–Crippen LogP) is 3.67. The van der Waals surface area contributed by atoms with E-state index in [0.29, 0.717) is 30.3 Å². The van der Waals surface area contributed by atoms with Gasteiger partial charge < -0.3 is 14.8 Å². The first-order chi connectivity index (χ1) is 13.7. The average molecular weight is 393 g/mol. The highest BCUT2D eigenvalue weighted by atomic mass is 32.1. The van der Waals surface area contributed by atoms with Crippen molar-refractivity contribution in [1.82, 2.24) is 10.3 Å². The zero-order chi connectivity index (χ0) is 19.6. The molecule has 2 N–H and O–H groups in total. The number of rotatable bonds is 7. The number of pyridine rings is 1. The van der Waals surface area contributed by atoms with E-state index in [1.54, 1.807) is 42.6 Å². The van der Waals surface area contributed by atoms with Crippen molar-refractivity contribution < 1.29 is 14.3 Å². The highest BCUT2D eigenvalue weighted by Crippen LogP contribution is 2.13. The van der Waals surface area contributed by atoms with Gasteiger partial charge in [0.1, 0.15) is 30.5 Å². The Bertz CT molecular complexity index is 903. The SMILES string of the molecule is O=C(NC(=S)Nc1ccccn1)c1ccc(OCCOc2ccccc2)cc1. The Labute approximate surface area is 168 Å². The van der Waals surface area contributed by atoms with Gasteiger partial charge in [0.05, 0.1) is 0 Å². The highest BCUT2D eigenvalue weighted by molar-refractivity contribution is 7.80. The molecule has 1 amide bonds. The Hall–Kier alpha value is -3.45. The minimum atomic E-state index is -0.313. The molecule has 142 valence electrons. The fraction of sp³-hybridized carbons (Fsp3) is 0.0952. The van der Waals surface area contributed by atoms with Gasteiger partial charge in [-0.15, -0.1) is 0 Å². The maximum Gasteiger partial charge on any atom is 0.257 e. The summed E-state index contributed by atoms with van der Waals surface area (Å²) in [6.07, 6.45) is 1.64. The first-order valence-electron chi connectivity index (χ1n) is 8.65. The number of hydrogen-bond acceptors (Lipinski definition) is 5. The van der Waals surface area contributed by atoms with Gasteiger partial charge in [-0.2, -0.15) is 0 Å². The van der Waals surface area contributed by atoms with Crippen molar-refractivity contribution >= 4 is 29.1 Å². The maximum atomic E-state index is 12.3. The lowest BCUT2D eigenvalue weighted by molar-refractivity contribution is 0.0977. The van der Waals surface area contributed by atoms with Crippen LogP contribution >= 0.6 is 12.2 Å². The number of nitrogens with one attached hydrogen (secondary N) is 2. The maximum absolute atomic E-state index is 12.3. The molecule has 7 heteroatoms. The summed E-state index contributed by atoms with van der Waals surface area (Å²) in [5, 5.41) is 5.65. The number of thiocarbonyl (C=S) groups is 1. The third-order valence-electron chi connectivity index (χ3n) is 3.61. The Morgan fingerprint density at radius 1 is 0.857 bits per heavy atom. The Morgan fingerprint density at radius 3 is 2.14 bits per heavy atom. The third kappa shape index (κ3) is 6.07.